The fraction of sp³-hybridized carbons (Fsp3) is 0.310. The highest BCUT2D eigenvalue weighted by molar-refractivity contribution is 7.92. The van der Waals surface area contributed by atoms with E-state index in [2.05, 4.69) is 5.32 Å². The molecule has 0 heterocycles. The van der Waals surface area contributed by atoms with Crippen LogP contribution >= 0.6 is 23.2 Å². The van der Waals surface area contributed by atoms with Crippen molar-refractivity contribution in [1.29, 1.82) is 0 Å². The molecule has 3 aromatic rings. The van der Waals surface area contributed by atoms with Crippen LogP contribution in [0.15, 0.2) is 77.7 Å². The number of ether oxygens (including phenoxy) is 1. The number of benzene rings is 3. The highest BCUT2D eigenvalue weighted by atomic mass is 35.5. The number of carbonyl (C=O) groups excluding carboxylic acids is 2. The molecule has 3 aromatic carbocycles. The van der Waals surface area contributed by atoms with Crippen LogP contribution in [0.2, 0.25) is 10.0 Å². The third kappa shape index (κ3) is 7.68. The van der Waals surface area contributed by atoms with Crippen molar-refractivity contribution in [3.63, 3.8) is 0 Å². The molecule has 0 fully saturated rings. The number of nitrogens with zero attached hydrogens (tertiary/aromatic N) is 2. The van der Waals surface area contributed by atoms with Crippen molar-refractivity contribution in [2.45, 2.75) is 44.2 Å². The molecule has 0 aliphatic heterocycles. The largest absolute Gasteiger partial charge is 0.497 e. The number of amides is 2. The number of rotatable bonds is 13. The van der Waals surface area contributed by atoms with Crippen LogP contribution in [0, 0.1) is 0 Å². The van der Waals surface area contributed by atoms with E-state index in [0.717, 1.165) is 17.1 Å². The molecule has 0 spiro atoms. The second kappa shape index (κ2) is 14.4. The van der Waals surface area contributed by atoms with Crippen LogP contribution in [-0.2, 0) is 26.2 Å². The number of sulfonamides is 1. The number of halogens is 2. The van der Waals surface area contributed by atoms with Crippen LogP contribution in [0.25, 0.3) is 0 Å². The van der Waals surface area contributed by atoms with Crippen LogP contribution in [0.5, 0.6) is 5.75 Å². The molecule has 0 aliphatic rings. The Hall–Kier alpha value is -3.27. The summed E-state index contributed by atoms with van der Waals surface area (Å²) in [6.07, 6.45) is 1.67. The monoisotopic (exact) mass is 605 g/mol. The van der Waals surface area contributed by atoms with Gasteiger partial charge in [-0.2, -0.15) is 0 Å². The first kappa shape index (κ1) is 31.3. The van der Waals surface area contributed by atoms with E-state index >= 15 is 0 Å². The summed E-state index contributed by atoms with van der Waals surface area (Å²) in [5.41, 5.74) is 0.679. The minimum atomic E-state index is -4.18. The Kier molecular flexibility index (Phi) is 11.2. The summed E-state index contributed by atoms with van der Waals surface area (Å²) in [5.74, 6) is -0.568. The standard InChI is InChI=1S/C29H33Cl2N3O5S/c1-4-5-17-32-29(36)21(2)33(19-25-26(30)15-10-16-27(25)31)28(35)20-34(22-11-9-12-23(18-22)39-3)40(37,38)24-13-7-6-8-14-24/h6-16,18,21H,4-5,17,19-20H2,1-3H3,(H,32,36)/t21-/m1/s1. The lowest BCUT2D eigenvalue weighted by atomic mass is 10.1. The number of anilines is 1. The lowest BCUT2D eigenvalue weighted by Gasteiger charge is -2.32. The maximum absolute atomic E-state index is 14.0. The van der Waals surface area contributed by atoms with Gasteiger partial charge < -0.3 is 15.0 Å². The first-order valence-corrected chi connectivity index (χ1v) is 15.0. The van der Waals surface area contributed by atoms with E-state index in [1.54, 1.807) is 61.5 Å². The van der Waals surface area contributed by atoms with Crippen LogP contribution < -0.4 is 14.4 Å². The van der Waals surface area contributed by atoms with Gasteiger partial charge in [0.05, 0.1) is 17.7 Å². The molecule has 0 aliphatic carbocycles. The predicted octanol–water partition coefficient (Wildman–Crippen LogP) is 5.53. The summed E-state index contributed by atoms with van der Waals surface area (Å²) >= 11 is 12.8. The molecule has 40 heavy (non-hydrogen) atoms. The Morgan fingerprint density at radius 1 is 0.975 bits per heavy atom. The Bertz CT molecular complexity index is 1400. The zero-order chi connectivity index (χ0) is 29.3. The third-order valence-electron chi connectivity index (χ3n) is 6.34. The lowest BCUT2D eigenvalue weighted by Crippen LogP contribution is -2.51. The molecule has 0 bridgehead atoms. The van der Waals surface area contributed by atoms with Crippen molar-refractivity contribution in [2.24, 2.45) is 0 Å². The second-order valence-corrected chi connectivity index (χ2v) is 11.7. The Morgan fingerprint density at radius 3 is 2.25 bits per heavy atom. The van der Waals surface area contributed by atoms with Crippen molar-refractivity contribution in [2.75, 3.05) is 24.5 Å². The van der Waals surface area contributed by atoms with E-state index in [-0.39, 0.29) is 23.0 Å². The van der Waals surface area contributed by atoms with Gasteiger partial charge in [0.15, 0.2) is 0 Å². The van der Waals surface area contributed by atoms with Crippen molar-refractivity contribution in [1.82, 2.24) is 10.2 Å². The highest BCUT2D eigenvalue weighted by Crippen LogP contribution is 2.29. The number of carbonyl (C=O) groups is 2. The number of methoxy groups -OCH3 is 1. The first-order valence-electron chi connectivity index (χ1n) is 12.8. The smallest absolute Gasteiger partial charge is 0.264 e. The molecule has 0 radical (unpaired) electrons. The van der Waals surface area contributed by atoms with Gasteiger partial charge >= 0.3 is 0 Å². The first-order chi connectivity index (χ1) is 19.1. The third-order valence-corrected chi connectivity index (χ3v) is 8.83. The van der Waals surface area contributed by atoms with Gasteiger partial charge in [-0.15, -0.1) is 0 Å². The van der Waals surface area contributed by atoms with Gasteiger partial charge in [0.25, 0.3) is 10.0 Å². The maximum Gasteiger partial charge on any atom is 0.264 e. The van der Waals surface area contributed by atoms with Gasteiger partial charge in [-0.05, 0) is 49.7 Å². The Labute approximate surface area is 245 Å². The maximum atomic E-state index is 14.0. The molecule has 2 amide bonds. The zero-order valence-corrected chi connectivity index (χ0v) is 25.0. The molecule has 0 saturated carbocycles. The summed E-state index contributed by atoms with van der Waals surface area (Å²) in [4.78, 5) is 28.4. The number of hydrogen-bond acceptors (Lipinski definition) is 5. The molecule has 214 valence electrons. The van der Waals surface area contributed by atoms with Crippen LogP contribution in [0.1, 0.15) is 32.3 Å². The number of nitrogens with one attached hydrogen (secondary N) is 1. The molecule has 0 saturated heterocycles. The van der Waals surface area contributed by atoms with E-state index in [1.165, 1.54) is 30.2 Å². The van der Waals surface area contributed by atoms with E-state index < -0.39 is 28.5 Å². The molecule has 11 heteroatoms. The summed E-state index contributed by atoms with van der Waals surface area (Å²) in [5, 5.41) is 3.49. The van der Waals surface area contributed by atoms with E-state index in [9.17, 15) is 18.0 Å². The molecule has 1 atom stereocenters. The van der Waals surface area contributed by atoms with E-state index in [1.807, 2.05) is 6.92 Å². The van der Waals surface area contributed by atoms with Crippen LogP contribution in [0.3, 0.4) is 0 Å². The van der Waals surface area contributed by atoms with E-state index in [0.29, 0.717) is 27.9 Å². The van der Waals surface area contributed by atoms with Gasteiger partial charge in [0, 0.05) is 34.8 Å². The molecule has 1 N–H and O–H groups in total. The summed E-state index contributed by atoms with van der Waals surface area (Å²) in [7, 11) is -2.72. The topological polar surface area (TPSA) is 96.0 Å². The summed E-state index contributed by atoms with van der Waals surface area (Å²) < 4.78 is 34.0. The Morgan fingerprint density at radius 2 is 1.62 bits per heavy atom. The van der Waals surface area contributed by atoms with Crippen LogP contribution in [0.4, 0.5) is 5.69 Å². The summed E-state index contributed by atoms with van der Waals surface area (Å²) in [6.45, 7) is 3.36. The quantitative estimate of drug-likeness (QED) is 0.258. The predicted molar refractivity (Wildman–Crippen MR) is 158 cm³/mol. The second-order valence-electron chi connectivity index (χ2n) is 9.07. The molecular formula is C29H33Cl2N3O5S. The van der Waals surface area contributed by atoms with Crippen molar-refractivity contribution in [3.05, 3.63) is 88.4 Å². The van der Waals surface area contributed by atoms with Crippen molar-refractivity contribution < 1.29 is 22.7 Å². The minimum Gasteiger partial charge on any atom is -0.497 e. The highest BCUT2D eigenvalue weighted by Gasteiger charge is 2.33. The average Bonchev–Trinajstić information content (AvgIpc) is 2.95. The molecule has 0 aromatic heterocycles. The summed E-state index contributed by atoms with van der Waals surface area (Å²) in [6, 6.07) is 18.3. The van der Waals surface area contributed by atoms with Gasteiger partial charge in [-0.3, -0.25) is 13.9 Å². The Balaban J connectivity index is 2.05. The van der Waals surface area contributed by atoms with Gasteiger partial charge in [0.2, 0.25) is 11.8 Å². The van der Waals surface area contributed by atoms with Crippen molar-refractivity contribution >= 4 is 50.7 Å². The SMILES string of the molecule is CCCCNC(=O)[C@@H](C)N(Cc1c(Cl)cccc1Cl)C(=O)CN(c1cccc(OC)c1)S(=O)(=O)c1ccccc1. The minimum absolute atomic E-state index is 0.0108. The zero-order valence-electron chi connectivity index (χ0n) is 22.6. The van der Waals surface area contributed by atoms with Gasteiger partial charge in [-0.25, -0.2) is 8.42 Å². The fourth-order valence-electron chi connectivity index (χ4n) is 3.99. The van der Waals surface area contributed by atoms with Gasteiger partial charge in [0.1, 0.15) is 18.3 Å². The fourth-order valence-corrected chi connectivity index (χ4v) is 5.93. The number of hydrogen-bond donors (Lipinski definition) is 1. The molecular weight excluding hydrogens is 573 g/mol. The van der Waals surface area contributed by atoms with Crippen LogP contribution in [-0.4, -0.2) is 51.4 Å². The number of unbranched alkanes of at least 4 members (excludes halogenated alkanes) is 1. The molecule has 8 nitrogen and oxygen atoms in total. The lowest BCUT2D eigenvalue weighted by molar-refractivity contribution is -0.139. The normalized spacial score (nSPS) is 11.9. The molecule has 3 rings (SSSR count). The van der Waals surface area contributed by atoms with E-state index in [4.69, 9.17) is 27.9 Å². The van der Waals surface area contributed by atoms with Gasteiger partial charge in [-0.1, -0.05) is 66.9 Å². The molecule has 0 unspecified atom stereocenters. The van der Waals surface area contributed by atoms with Crippen molar-refractivity contribution in [3.8, 4) is 5.75 Å². The average molecular weight is 607 g/mol.